The fourth-order valence-corrected chi connectivity index (χ4v) is 3.17. The molecule has 0 aliphatic heterocycles. The van der Waals surface area contributed by atoms with Crippen LogP contribution < -0.4 is 16.4 Å². The third-order valence-corrected chi connectivity index (χ3v) is 4.41. The van der Waals surface area contributed by atoms with Gasteiger partial charge < -0.3 is 16.4 Å². The molecule has 0 spiro atoms. The van der Waals surface area contributed by atoms with Crippen molar-refractivity contribution < 1.29 is 0 Å². The molecule has 0 saturated heterocycles. The summed E-state index contributed by atoms with van der Waals surface area (Å²) in [7, 11) is 0. The molecule has 0 unspecified atom stereocenters. The third-order valence-electron chi connectivity index (χ3n) is 3.48. The number of anilines is 4. The van der Waals surface area contributed by atoms with E-state index in [9.17, 15) is 0 Å². The Balaban J connectivity index is 1.82. The summed E-state index contributed by atoms with van der Waals surface area (Å²) in [5, 5.41) is 7.22. The van der Waals surface area contributed by atoms with E-state index in [1.54, 1.807) is 11.3 Å². The molecule has 0 aliphatic carbocycles. The lowest BCUT2D eigenvalue weighted by atomic mass is 10.2. The summed E-state index contributed by atoms with van der Waals surface area (Å²) in [5.41, 5.74) is 8.86. The number of nitrogen functional groups attached to an aromatic ring is 1. The molecule has 3 aromatic rings. The minimum Gasteiger partial charge on any atom is -0.393 e. The van der Waals surface area contributed by atoms with Gasteiger partial charge in [-0.3, -0.25) is 0 Å². The van der Waals surface area contributed by atoms with E-state index in [-0.39, 0.29) is 0 Å². The molecular formula is C16H20N6S. The minimum absolute atomic E-state index is 0.513. The molecule has 2 aromatic heterocycles. The fourth-order valence-electron chi connectivity index (χ4n) is 2.21. The number of hydrogen-bond acceptors (Lipinski definition) is 7. The molecule has 23 heavy (non-hydrogen) atoms. The molecule has 3 rings (SSSR count). The number of benzene rings is 1. The zero-order valence-electron chi connectivity index (χ0n) is 13.3. The van der Waals surface area contributed by atoms with Crippen LogP contribution in [0.1, 0.15) is 25.3 Å². The van der Waals surface area contributed by atoms with Crippen molar-refractivity contribution in [3.63, 3.8) is 0 Å². The van der Waals surface area contributed by atoms with Gasteiger partial charge in [-0.1, -0.05) is 30.7 Å². The molecular weight excluding hydrogens is 308 g/mol. The number of thiazole rings is 1. The van der Waals surface area contributed by atoms with Gasteiger partial charge in [-0.15, -0.1) is 0 Å². The van der Waals surface area contributed by atoms with E-state index < -0.39 is 0 Å². The number of nitrogens with zero attached hydrogens (tertiary/aromatic N) is 3. The summed E-state index contributed by atoms with van der Waals surface area (Å²) in [6.07, 6.45) is 3.70. The van der Waals surface area contributed by atoms with Crippen molar-refractivity contribution in [2.45, 2.75) is 26.7 Å². The molecule has 120 valence electrons. The highest BCUT2D eigenvalue weighted by molar-refractivity contribution is 7.22. The second-order valence-corrected chi connectivity index (χ2v) is 6.41. The smallest absolute Gasteiger partial charge is 0.189 e. The van der Waals surface area contributed by atoms with Crippen LogP contribution in [0.15, 0.2) is 24.5 Å². The molecule has 6 nitrogen and oxygen atoms in total. The molecule has 0 bridgehead atoms. The van der Waals surface area contributed by atoms with Gasteiger partial charge in [-0.25, -0.2) is 15.0 Å². The molecule has 0 saturated carbocycles. The fraction of sp³-hybridized carbons (Fsp3) is 0.312. The Labute approximate surface area is 139 Å². The molecule has 0 fully saturated rings. The second kappa shape index (κ2) is 6.78. The first-order valence-electron chi connectivity index (χ1n) is 7.66. The van der Waals surface area contributed by atoms with Crippen LogP contribution in [-0.2, 0) is 0 Å². The van der Waals surface area contributed by atoms with Gasteiger partial charge in [0, 0.05) is 6.54 Å². The average Bonchev–Trinajstić information content (AvgIpc) is 2.92. The van der Waals surface area contributed by atoms with Crippen molar-refractivity contribution in [1.29, 1.82) is 0 Å². The van der Waals surface area contributed by atoms with Crippen molar-refractivity contribution in [3.05, 3.63) is 30.1 Å². The Kier molecular flexibility index (Phi) is 4.57. The Hall–Kier alpha value is -2.41. The Morgan fingerprint density at radius 2 is 2.04 bits per heavy atom. The maximum absolute atomic E-state index is 6.16. The van der Waals surface area contributed by atoms with Gasteiger partial charge in [0.2, 0.25) is 0 Å². The van der Waals surface area contributed by atoms with E-state index in [1.807, 2.05) is 6.07 Å². The summed E-state index contributed by atoms with van der Waals surface area (Å²) in [6, 6.07) is 6.20. The number of fused-ring (bicyclic) bond motifs is 1. The minimum atomic E-state index is 0.513. The van der Waals surface area contributed by atoms with Crippen molar-refractivity contribution in [2.75, 3.05) is 22.9 Å². The molecule has 4 N–H and O–H groups in total. The van der Waals surface area contributed by atoms with Crippen LogP contribution in [0.3, 0.4) is 0 Å². The lowest BCUT2D eigenvalue weighted by Gasteiger charge is -2.10. The number of aromatic nitrogens is 3. The van der Waals surface area contributed by atoms with Gasteiger partial charge in [-0.2, -0.15) is 0 Å². The van der Waals surface area contributed by atoms with Gasteiger partial charge in [0.05, 0.1) is 10.2 Å². The predicted molar refractivity (Wildman–Crippen MR) is 97.5 cm³/mol. The largest absolute Gasteiger partial charge is 0.393 e. The Morgan fingerprint density at radius 1 is 1.22 bits per heavy atom. The highest BCUT2D eigenvalue weighted by Gasteiger charge is 2.10. The SMILES string of the molecule is CCCCNc1ncnc(Nc2nc3ccc(C)cc3s2)c1N. The van der Waals surface area contributed by atoms with Crippen LogP contribution in [0.2, 0.25) is 0 Å². The molecule has 0 aliphatic rings. The van der Waals surface area contributed by atoms with Gasteiger partial charge >= 0.3 is 0 Å². The van der Waals surface area contributed by atoms with E-state index in [4.69, 9.17) is 5.73 Å². The van der Waals surface area contributed by atoms with Crippen LogP contribution in [0.5, 0.6) is 0 Å². The lowest BCUT2D eigenvalue weighted by Crippen LogP contribution is -2.08. The van der Waals surface area contributed by atoms with Gasteiger partial charge in [0.1, 0.15) is 12.0 Å². The third kappa shape index (κ3) is 3.50. The van der Waals surface area contributed by atoms with E-state index >= 15 is 0 Å². The molecule has 0 amide bonds. The van der Waals surface area contributed by atoms with Gasteiger partial charge in [0.25, 0.3) is 0 Å². The summed E-state index contributed by atoms with van der Waals surface area (Å²) in [5.74, 6) is 1.24. The summed E-state index contributed by atoms with van der Waals surface area (Å²) in [6.45, 7) is 5.06. The normalized spacial score (nSPS) is 10.9. The van der Waals surface area contributed by atoms with E-state index in [0.29, 0.717) is 17.3 Å². The molecule has 2 heterocycles. The predicted octanol–water partition coefficient (Wildman–Crippen LogP) is 3.93. The molecule has 1 aromatic carbocycles. The van der Waals surface area contributed by atoms with Crippen LogP contribution in [-0.4, -0.2) is 21.5 Å². The van der Waals surface area contributed by atoms with Gasteiger partial charge in [-0.05, 0) is 31.0 Å². The van der Waals surface area contributed by atoms with Crippen LogP contribution in [0.4, 0.5) is 22.5 Å². The van der Waals surface area contributed by atoms with Crippen molar-refractivity contribution in [3.8, 4) is 0 Å². The first-order valence-corrected chi connectivity index (χ1v) is 8.47. The van der Waals surface area contributed by atoms with Crippen molar-refractivity contribution in [1.82, 2.24) is 15.0 Å². The van der Waals surface area contributed by atoms with Crippen LogP contribution in [0.25, 0.3) is 10.2 Å². The first kappa shape index (κ1) is 15.5. The molecule has 7 heteroatoms. The van der Waals surface area contributed by atoms with Crippen LogP contribution >= 0.6 is 11.3 Å². The Morgan fingerprint density at radius 3 is 2.87 bits per heavy atom. The topological polar surface area (TPSA) is 88.8 Å². The average molecular weight is 328 g/mol. The lowest BCUT2D eigenvalue weighted by molar-refractivity contribution is 0.831. The molecule has 0 atom stereocenters. The summed E-state index contributed by atoms with van der Waals surface area (Å²) in [4.78, 5) is 13.0. The standard InChI is InChI=1S/C16H20N6S/c1-3-4-7-18-14-13(17)15(20-9-19-14)22-16-21-11-6-5-10(2)8-12(11)23-16/h5-6,8-9H,3-4,7,17H2,1-2H3,(H2,18,19,20,21,22). The summed E-state index contributed by atoms with van der Waals surface area (Å²) < 4.78 is 1.14. The maximum atomic E-state index is 6.16. The van der Waals surface area contributed by atoms with Crippen molar-refractivity contribution >= 4 is 44.0 Å². The van der Waals surface area contributed by atoms with Gasteiger partial charge in [0.15, 0.2) is 16.8 Å². The van der Waals surface area contributed by atoms with E-state index in [2.05, 4.69) is 51.6 Å². The van der Waals surface area contributed by atoms with Crippen LogP contribution in [0, 0.1) is 6.92 Å². The quantitative estimate of drug-likeness (QED) is 0.594. The van der Waals surface area contributed by atoms with E-state index in [0.717, 1.165) is 34.7 Å². The first-order chi connectivity index (χ1) is 11.2. The maximum Gasteiger partial charge on any atom is 0.189 e. The highest BCUT2D eigenvalue weighted by Crippen LogP contribution is 2.31. The number of rotatable bonds is 6. The summed E-state index contributed by atoms with van der Waals surface area (Å²) >= 11 is 1.58. The molecule has 0 radical (unpaired) electrons. The number of nitrogens with one attached hydrogen (secondary N) is 2. The highest BCUT2D eigenvalue weighted by atomic mass is 32.1. The van der Waals surface area contributed by atoms with E-state index in [1.165, 1.54) is 11.9 Å². The number of aryl methyl sites for hydroxylation is 1. The number of unbranched alkanes of at least 4 members (excludes halogenated alkanes) is 1. The zero-order chi connectivity index (χ0) is 16.2. The zero-order valence-corrected chi connectivity index (χ0v) is 14.1. The van der Waals surface area contributed by atoms with Crippen molar-refractivity contribution in [2.24, 2.45) is 0 Å². The monoisotopic (exact) mass is 328 g/mol. The second-order valence-electron chi connectivity index (χ2n) is 5.38. The number of nitrogens with two attached hydrogens (primary N) is 1. The number of hydrogen-bond donors (Lipinski definition) is 3. The Bertz CT molecular complexity index is 813.